The zero-order chi connectivity index (χ0) is 16.8. The van der Waals surface area contributed by atoms with Crippen molar-refractivity contribution in [3.8, 4) is 0 Å². The molecule has 0 unspecified atom stereocenters. The number of rotatable bonds is 5. The van der Waals surface area contributed by atoms with Gasteiger partial charge in [-0.3, -0.25) is 9.59 Å². The van der Waals surface area contributed by atoms with E-state index in [9.17, 15) is 9.59 Å². The minimum atomic E-state index is -0.186. The summed E-state index contributed by atoms with van der Waals surface area (Å²) in [7, 11) is 0. The van der Waals surface area contributed by atoms with Crippen LogP contribution in [-0.4, -0.2) is 18.4 Å². The molecule has 120 valence electrons. The monoisotopic (exact) mass is 310 g/mol. The Balaban J connectivity index is 2.05. The first-order chi connectivity index (χ1) is 11.0. The van der Waals surface area contributed by atoms with Gasteiger partial charge in [-0.1, -0.05) is 13.0 Å². The number of carbonyl (C=O) groups excluding carboxylic acids is 2. The Labute approximate surface area is 136 Å². The molecule has 0 saturated carbocycles. The number of carbonyl (C=O) groups is 2. The number of hydrogen-bond acceptors (Lipinski definition) is 2. The van der Waals surface area contributed by atoms with Gasteiger partial charge in [0.1, 0.15) is 0 Å². The molecule has 0 atom stereocenters. The normalized spacial score (nSPS) is 10.2. The van der Waals surface area contributed by atoms with Crippen molar-refractivity contribution in [1.29, 1.82) is 0 Å². The van der Waals surface area contributed by atoms with Crippen molar-refractivity contribution in [1.82, 2.24) is 5.32 Å². The van der Waals surface area contributed by atoms with Crippen LogP contribution in [0.3, 0.4) is 0 Å². The van der Waals surface area contributed by atoms with Crippen LogP contribution in [-0.2, 0) is 0 Å². The molecule has 0 bridgehead atoms. The number of anilines is 1. The fourth-order valence-corrected chi connectivity index (χ4v) is 2.14. The summed E-state index contributed by atoms with van der Waals surface area (Å²) in [5.74, 6) is -0.304. The standard InChI is InChI=1S/C19H22N2O2/c1-4-11-20-18(22)15-6-8-16(9-7-15)19(23)21-17-10-5-13(2)14(3)12-17/h5-10,12H,4,11H2,1-3H3,(H,20,22)(H,21,23). The van der Waals surface area contributed by atoms with E-state index in [1.165, 1.54) is 5.56 Å². The highest BCUT2D eigenvalue weighted by Crippen LogP contribution is 2.15. The number of hydrogen-bond donors (Lipinski definition) is 2. The van der Waals surface area contributed by atoms with Crippen LogP contribution in [0, 0.1) is 13.8 Å². The topological polar surface area (TPSA) is 58.2 Å². The molecule has 0 aromatic heterocycles. The average Bonchev–Trinajstić information content (AvgIpc) is 2.56. The minimum absolute atomic E-state index is 0.118. The van der Waals surface area contributed by atoms with Gasteiger partial charge in [0.15, 0.2) is 0 Å². The maximum Gasteiger partial charge on any atom is 0.255 e. The Morgan fingerprint density at radius 2 is 1.48 bits per heavy atom. The van der Waals surface area contributed by atoms with Crippen LogP contribution in [0.1, 0.15) is 45.2 Å². The van der Waals surface area contributed by atoms with Gasteiger partial charge in [-0.05, 0) is 67.8 Å². The van der Waals surface area contributed by atoms with Crippen molar-refractivity contribution in [3.05, 3.63) is 64.7 Å². The van der Waals surface area contributed by atoms with Crippen molar-refractivity contribution in [2.45, 2.75) is 27.2 Å². The number of amides is 2. The van der Waals surface area contributed by atoms with E-state index in [2.05, 4.69) is 10.6 Å². The lowest BCUT2D eigenvalue weighted by molar-refractivity contribution is 0.0951. The summed E-state index contributed by atoms with van der Waals surface area (Å²) in [6, 6.07) is 12.5. The fourth-order valence-electron chi connectivity index (χ4n) is 2.14. The van der Waals surface area contributed by atoms with E-state index in [1.807, 2.05) is 39.0 Å². The summed E-state index contributed by atoms with van der Waals surface area (Å²) in [6.45, 7) is 6.69. The molecule has 2 amide bonds. The average molecular weight is 310 g/mol. The van der Waals surface area contributed by atoms with E-state index >= 15 is 0 Å². The maximum absolute atomic E-state index is 12.3. The van der Waals surface area contributed by atoms with E-state index in [0.717, 1.165) is 17.7 Å². The third-order valence-electron chi connectivity index (χ3n) is 3.71. The zero-order valence-electron chi connectivity index (χ0n) is 13.8. The molecule has 0 radical (unpaired) electrons. The van der Waals surface area contributed by atoms with Gasteiger partial charge in [-0.2, -0.15) is 0 Å². The van der Waals surface area contributed by atoms with Crippen LogP contribution >= 0.6 is 0 Å². The molecule has 0 spiro atoms. The van der Waals surface area contributed by atoms with Gasteiger partial charge in [-0.25, -0.2) is 0 Å². The van der Waals surface area contributed by atoms with Gasteiger partial charge in [-0.15, -0.1) is 0 Å². The summed E-state index contributed by atoms with van der Waals surface area (Å²) in [6.07, 6.45) is 0.891. The molecule has 2 aromatic rings. The molecule has 0 aliphatic carbocycles. The van der Waals surface area contributed by atoms with Crippen LogP contribution in [0.2, 0.25) is 0 Å². The van der Waals surface area contributed by atoms with Gasteiger partial charge < -0.3 is 10.6 Å². The summed E-state index contributed by atoms with van der Waals surface area (Å²) >= 11 is 0. The fraction of sp³-hybridized carbons (Fsp3) is 0.263. The second-order valence-electron chi connectivity index (χ2n) is 5.59. The van der Waals surface area contributed by atoms with Gasteiger partial charge in [0.25, 0.3) is 11.8 Å². The second-order valence-corrected chi connectivity index (χ2v) is 5.59. The van der Waals surface area contributed by atoms with Crippen LogP contribution < -0.4 is 10.6 Å². The van der Waals surface area contributed by atoms with Crippen LogP contribution in [0.15, 0.2) is 42.5 Å². The Kier molecular flexibility index (Phi) is 5.52. The van der Waals surface area contributed by atoms with Gasteiger partial charge in [0.05, 0.1) is 0 Å². The molecular weight excluding hydrogens is 288 g/mol. The molecule has 4 nitrogen and oxygen atoms in total. The lowest BCUT2D eigenvalue weighted by Gasteiger charge is -2.08. The second kappa shape index (κ2) is 7.58. The van der Waals surface area contributed by atoms with Crippen molar-refractivity contribution >= 4 is 17.5 Å². The minimum Gasteiger partial charge on any atom is -0.352 e. The van der Waals surface area contributed by atoms with Crippen molar-refractivity contribution in [2.24, 2.45) is 0 Å². The lowest BCUT2D eigenvalue weighted by Crippen LogP contribution is -2.24. The molecular formula is C19H22N2O2. The molecule has 2 aromatic carbocycles. The largest absolute Gasteiger partial charge is 0.352 e. The first kappa shape index (κ1) is 16.7. The Morgan fingerprint density at radius 1 is 0.870 bits per heavy atom. The SMILES string of the molecule is CCCNC(=O)c1ccc(C(=O)Nc2ccc(C)c(C)c2)cc1. The van der Waals surface area contributed by atoms with Crippen molar-refractivity contribution in [3.63, 3.8) is 0 Å². The van der Waals surface area contributed by atoms with Crippen LogP contribution in [0.5, 0.6) is 0 Å². The summed E-state index contributed by atoms with van der Waals surface area (Å²) in [4.78, 5) is 24.1. The Bertz CT molecular complexity index is 706. The number of benzene rings is 2. The molecule has 2 rings (SSSR count). The Morgan fingerprint density at radius 3 is 2.04 bits per heavy atom. The number of nitrogens with one attached hydrogen (secondary N) is 2. The Hall–Kier alpha value is -2.62. The van der Waals surface area contributed by atoms with Gasteiger partial charge >= 0.3 is 0 Å². The summed E-state index contributed by atoms with van der Waals surface area (Å²) < 4.78 is 0. The summed E-state index contributed by atoms with van der Waals surface area (Å²) in [5.41, 5.74) is 4.16. The van der Waals surface area contributed by atoms with Gasteiger partial charge in [0.2, 0.25) is 0 Å². The van der Waals surface area contributed by atoms with Gasteiger partial charge in [0, 0.05) is 23.4 Å². The summed E-state index contributed by atoms with van der Waals surface area (Å²) in [5, 5.41) is 5.68. The quantitative estimate of drug-likeness (QED) is 0.884. The van der Waals surface area contributed by atoms with E-state index in [4.69, 9.17) is 0 Å². The van der Waals surface area contributed by atoms with Crippen molar-refractivity contribution in [2.75, 3.05) is 11.9 Å². The predicted molar refractivity (Wildman–Crippen MR) is 92.9 cm³/mol. The molecule has 0 aliphatic heterocycles. The lowest BCUT2D eigenvalue weighted by atomic mass is 10.1. The third kappa shape index (κ3) is 4.42. The molecule has 23 heavy (non-hydrogen) atoms. The third-order valence-corrected chi connectivity index (χ3v) is 3.71. The number of aryl methyl sites for hydroxylation is 2. The first-order valence-electron chi connectivity index (χ1n) is 7.78. The maximum atomic E-state index is 12.3. The molecule has 0 heterocycles. The highest BCUT2D eigenvalue weighted by Gasteiger charge is 2.09. The highest BCUT2D eigenvalue weighted by atomic mass is 16.2. The molecule has 4 heteroatoms. The van der Waals surface area contributed by atoms with Crippen LogP contribution in [0.4, 0.5) is 5.69 Å². The smallest absolute Gasteiger partial charge is 0.255 e. The predicted octanol–water partition coefficient (Wildman–Crippen LogP) is 3.70. The van der Waals surface area contributed by atoms with Crippen LogP contribution in [0.25, 0.3) is 0 Å². The zero-order valence-corrected chi connectivity index (χ0v) is 13.8. The van der Waals surface area contributed by atoms with E-state index in [0.29, 0.717) is 17.7 Å². The molecule has 0 fully saturated rings. The van der Waals surface area contributed by atoms with E-state index < -0.39 is 0 Å². The molecule has 0 aliphatic rings. The van der Waals surface area contributed by atoms with E-state index in [-0.39, 0.29) is 11.8 Å². The molecule has 0 saturated heterocycles. The molecule has 2 N–H and O–H groups in total. The first-order valence-corrected chi connectivity index (χ1v) is 7.78. The van der Waals surface area contributed by atoms with E-state index in [1.54, 1.807) is 24.3 Å². The van der Waals surface area contributed by atoms with Crippen molar-refractivity contribution < 1.29 is 9.59 Å². The highest BCUT2D eigenvalue weighted by molar-refractivity contribution is 6.05.